The minimum atomic E-state index is 0.920. The molecule has 2 heterocycles. The van der Waals surface area contributed by atoms with E-state index in [0.717, 1.165) is 9.61 Å². The Morgan fingerprint density at radius 1 is 1.36 bits per heavy atom. The zero-order valence-electron chi connectivity index (χ0n) is 5.45. The van der Waals surface area contributed by atoms with Crippen LogP contribution in [0.1, 0.15) is 0 Å². The van der Waals surface area contributed by atoms with Gasteiger partial charge in [0.1, 0.15) is 9.61 Å². The van der Waals surface area contributed by atoms with Gasteiger partial charge in [-0.2, -0.15) is 11.3 Å². The van der Waals surface area contributed by atoms with E-state index >= 15 is 0 Å². The zero-order chi connectivity index (χ0) is 7.68. The molecule has 0 spiro atoms. The third-order valence-corrected chi connectivity index (χ3v) is 3.53. The summed E-state index contributed by atoms with van der Waals surface area (Å²) in [6.45, 7) is 0. The fourth-order valence-corrected chi connectivity index (χ4v) is 2.74. The van der Waals surface area contributed by atoms with Crippen molar-refractivity contribution in [2.75, 3.05) is 0 Å². The van der Waals surface area contributed by atoms with Crippen LogP contribution in [-0.4, -0.2) is 4.98 Å². The van der Waals surface area contributed by atoms with Crippen LogP contribution in [0.2, 0.25) is 0 Å². The SMILES string of the molecule is Brc1csc(-c2ccsc2)n1. The lowest BCUT2D eigenvalue weighted by molar-refractivity contribution is 1.37. The highest BCUT2D eigenvalue weighted by Gasteiger charge is 2.01. The topological polar surface area (TPSA) is 12.9 Å². The van der Waals surface area contributed by atoms with Crippen LogP contribution in [0.15, 0.2) is 26.8 Å². The van der Waals surface area contributed by atoms with Gasteiger partial charge in [-0.3, -0.25) is 0 Å². The first kappa shape index (κ1) is 7.46. The molecule has 0 aliphatic heterocycles. The second-order valence-corrected chi connectivity index (χ2v) is 4.44. The van der Waals surface area contributed by atoms with E-state index in [1.54, 1.807) is 22.7 Å². The molecule has 0 amide bonds. The number of rotatable bonds is 1. The Morgan fingerprint density at radius 2 is 2.27 bits per heavy atom. The first-order valence-electron chi connectivity index (χ1n) is 3.00. The van der Waals surface area contributed by atoms with Gasteiger partial charge in [0.2, 0.25) is 0 Å². The number of nitrogens with zero attached hydrogens (tertiary/aromatic N) is 1. The van der Waals surface area contributed by atoms with Crippen molar-refractivity contribution in [3.63, 3.8) is 0 Å². The van der Waals surface area contributed by atoms with Gasteiger partial charge in [0.05, 0.1) is 0 Å². The molecule has 0 bridgehead atoms. The van der Waals surface area contributed by atoms with Gasteiger partial charge in [0, 0.05) is 16.3 Å². The minimum Gasteiger partial charge on any atom is -0.229 e. The van der Waals surface area contributed by atoms with E-state index in [9.17, 15) is 0 Å². The largest absolute Gasteiger partial charge is 0.229 e. The van der Waals surface area contributed by atoms with E-state index in [4.69, 9.17) is 0 Å². The van der Waals surface area contributed by atoms with Crippen molar-refractivity contribution < 1.29 is 0 Å². The van der Waals surface area contributed by atoms with Crippen molar-refractivity contribution in [2.45, 2.75) is 0 Å². The molecule has 0 atom stereocenters. The minimum absolute atomic E-state index is 0.920. The number of hydrogen-bond acceptors (Lipinski definition) is 3. The van der Waals surface area contributed by atoms with Crippen LogP contribution in [0.4, 0.5) is 0 Å². The van der Waals surface area contributed by atoms with E-state index in [-0.39, 0.29) is 0 Å². The molecule has 0 fully saturated rings. The molecule has 2 aromatic rings. The number of thiophene rings is 1. The van der Waals surface area contributed by atoms with Crippen LogP contribution in [0.5, 0.6) is 0 Å². The fourth-order valence-electron chi connectivity index (χ4n) is 0.773. The van der Waals surface area contributed by atoms with Crippen molar-refractivity contribution in [2.24, 2.45) is 0 Å². The maximum Gasteiger partial charge on any atom is 0.125 e. The predicted octanol–water partition coefficient (Wildman–Crippen LogP) is 3.63. The number of aromatic nitrogens is 1. The average Bonchev–Trinajstić information content (AvgIpc) is 2.55. The van der Waals surface area contributed by atoms with Crippen molar-refractivity contribution in [1.82, 2.24) is 4.98 Å². The van der Waals surface area contributed by atoms with Crippen LogP contribution >= 0.6 is 38.6 Å². The number of halogens is 1. The molecule has 0 aliphatic carbocycles. The Morgan fingerprint density at radius 3 is 2.82 bits per heavy atom. The van der Waals surface area contributed by atoms with Gasteiger partial charge in [-0.15, -0.1) is 11.3 Å². The molecule has 2 rings (SSSR count). The van der Waals surface area contributed by atoms with E-state index < -0.39 is 0 Å². The lowest BCUT2D eigenvalue weighted by atomic mass is 10.4. The highest BCUT2D eigenvalue weighted by atomic mass is 79.9. The lowest BCUT2D eigenvalue weighted by Gasteiger charge is -1.84. The number of hydrogen-bond donors (Lipinski definition) is 0. The van der Waals surface area contributed by atoms with Crippen molar-refractivity contribution in [3.8, 4) is 10.6 Å². The van der Waals surface area contributed by atoms with Gasteiger partial charge >= 0.3 is 0 Å². The molecule has 0 N–H and O–H groups in total. The van der Waals surface area contributed by atoms with Crippen LogP contribution in [0.25, 0.3) is 10.6 Å². The summed E-state index contributed by atoms with van der Waals surface area (Å²) in [6, 6.07) is 2.08. The Hall–Kier alpha value is -0.190. The van der Waals surface area contributed by atoms with Gasteiger partial charge in [-0.05, 0) is 27.4 Å². The zero-order valence-corrected chi connectivity index (χ0v) is 8.67. The molecule has 0 saturated heterocycles. The highest BCUT2D eigenvalue weighted by molar-refractivity contribution is 9.10. The first-order valence-corrected chi connectivity index (χ1v) is 5.61. The molecular weight excluding hydrogens is 242 g/mol. The van der Waals surface area contributed by atoms with Crippen molar-refractivity contribution in [3.05, 3.63) is 26.8 Å². The smallest absolute Gasteiger partial charge is 0.125 e. The third-order valence-electron chi connectivity index (χ3n) is 1.24. The van der Waals surface area contributed by atoms with Crippen LogP contribution in [-0.2, 0) is 0 Å². The van der Waals surface area contributed by atoms with Crippen molar-refractivity contribution >= 4 is 38.6 Å². The van der Waals surface area contributed by atoms with E-state index in [0.29, 0.717) is 0 Å². The van der Waals surface area contributed by atoms with E-state index in [2.05, 4.69) is 37.7 Å². The molecule has 2 aromatic heterocycles. The molecule has 11 heavy (non-hydrogen) atoms. The predicted molar refractivity (Wildman–Crippen MR) is 53.1 cm³/mol. The summed E-state index contributed by atoms with van der Waals surface area (Å²) in [5.41, 5.74) is 1.21. The second-order valence-electron chi connectivity index (χ2n) is 1.99. The van der Waals surface area contributed by atoms with E-state index in [1.165, 1.54) is 5.56 Å². The molecule has 0 aliphatic rings. The first-order chi connectivity index (χ1) is 5.36. The molecule has 0 unspecified atom stereocenters. The summed E-state index contributed by atoms with van der Waals surface area (Å²) < 4.78 is 0.920. The summed E-state index contributed by atoms with van der Waals surface area (Å²) in [5, 5.41) is 7.24. The molecule has 0 radical (unpaired) electrons. The monoisotopic (exact) mass is 245 g/mol. The fraction of sp³-hybridized carbons (Fsp3) is 0. The van der Waals surface area contributed by atoms with Crippen LogP contribution in [0.3, 0.4) is 0 Å². The molecule has 0 saturated carbocycles. The van der Waals surface area contributed by atoms with Gasteiger partial charge in [0.25, 0.3) is 0 Å². The maximum atomic E-state index is 4.30. The Kier molecular flexibility index (Phi) is 2.07. The maximum absolute atomic E-state index is 4.30. The second kappa shape index (κ2) is 3.05. The Labute approximate surface area is 80.9 Å². The summed E-state index contributed by atoms with van der Waals surface area (Å²) >= 11 is 6.67. The van der Waals surface area contributed by atoms with Gasteiger partial charge in [-0.1, -0.05) is 0 Å². The van der Waals surface area contributed by atoms with Gasteiger partial charge < -0.3 is 0 Å². The molecule has 1 nitrogen and oxygen atoms in total. The van der Waals surface area contributed by atoms with Crippen LogP contribution < -0.4 is 0 Å². The normalized spacial score (nSPS) is 10.3. The summed E-state index contributed by atoms with van der Waals surface area (Å²) in [7, 11) is 0. The van der Waals surface area contributed by atoms with Gasteiger partial charge in [-0.25, -0.2) is 4.98 Å². The van der Waals surface area contributed by atoms with Crippen molar-refractivity contribution in [1.29, 1.82) is 0 Å². The summed E-state index contributed by atoms with van der Waals surface area (Å²) in [4.78, 5) is 4.30. The van der Waals surface area contributed by atoms with Gasteiger partial charge in [0.15, 0.2) is 0 Å². The molecule has 56 valence electrons. The summed E-state index contributed by atoms with van der Waals surface area (Å²) in [6.07, 6.45) is 0. The summed E-state index contributed by atoms with van der Waals surface area (Å²) in [5.74, 6) is 0. The molecule has 0 aromatic carbocycles. The molecular formula is C7H4BrNS2. The number of thiazole rings is 1. The Bertz CT molecular complexity index is 339. The third kappa shape index (κ3) is 1.52. The standard InChI is InChI=1S/C7H4BrNS2/c8-6-4-11-7(9-6)5-1-2-10-3-5/h1-4H. The molecule has 4 heteroatoms. The Balaban J connectivity index is 2.45. The lowest BCUT2D eigenvalue weighted by Crippen LogP contribution is -1.67. The van der Waals surface area contributed by atoms with E-state index in [1.807, 2.05) is 5.38 Å². The average molecular weight is 246 g/mol. The van der Waals surface area contributed by atoms with Crippen LogP contribution in [0, 0.1) is 0 Å². The quantitative estimate of drug-likeness (QED) is 0.748. The highest BCUT2D eigenvalue weighted by Crippen LogP contribution is 2.27.